The summed E-state index contributed by atoms with van der Waals surface area (Å²) in [6, 6.07) is 0. The highest BCUT2D eigenvalue weighted by Crippen LogP contribution is 2.81. The molecule has 8 fully saturated rings. The molecule has 8 saturated carbocycles. The van der Waals surface area contributed by atoms with Crippen molar-refractivity contribution in [1.82, 2.24) is 0 Å². The first-order valence-corrected chi connectivity index (χ1v) is 17.6. The van der Waals surface area contributed by atoms with Gasteiger partial charge in [0.1, 0.15) is 18.8 Å². The zero-order chi connectivity index (χ0) is 30.7. The molecule has 1 spiro atoms. The van der Waals surface area contributed by atoms with Gasteiger partial charge in [-0.1, -0.05) is 13.3 Å². The Bertz CT molecular complexity index is 1280. The monoisotopic (exact) mass is 628 g/mol. The van der Waals surface area contributed by atoms with Crippen LogP contribution in [-0.2, 0) is 38.7 Å². The molecule has 12 heteroatoms. The van der Waals surface area contributed by atoms with Crippen LogP contribution < -0.4 is 0 Å². The Morgan fingerprint density at radius 2 is 1.60 bits per heavy atom. The van der Waals surface area contributed by atoms with E-state index < -0.39 is 61.9 Å². The first kappa shape index (κ1) is 30.3. The Morgan fingerprint density at radius 1 is 0.930 bits per heavy atom. The molecule has 0 aliphatic heterocycles. The van der Waals surface area contributed by atoms with Gasteiger partial charge in [-0.3, -0.25) is 4.55 Å². The van der Waals surface area contributed by atoms with Crippen molar-refractivity contribution in [1.29, 1.82) is 0 Å². The third kappa shape index (κ3) is 4.24. The van der Waals surface area contributed by atoms with Gasteiger partial charge in [-0.15, -0.1) is 0 Å². The maximum atomic E-state index is 14.9. The molecule has 6 unspecified atom stereocenters. The van der Waals surface area contributed by atoms with Gasteiger partial charge in [-0.25, -0.2) is 14.0 Å². The van der Waals surface area contributed by atoms with E-state index in [0.29, 0.717) is 43.9 Å². The predicted molar refractivity (Wildman–Crippen MR) is 149 cm³/mol. The zero-order valence-corrected chi connectivity index (χ0v) is 26.0. The van der Waals surface area contributed by atoms with Crippen LogP contribution in [0.4, 0.5) is 4.39 Å². The molecule has 2 N–H and O–H groups in total. The highest BCUT2D eigenvalue weighted by molar-refractivity contribution is 7.87. The van der Waals surface area contributed by atoms with Crippen molar-refractivity contribution in [2.45, 2.75) is 125 Å². The second-order valence-electron chi connectivity index (χ2n) is 15.5. The summed E-state index contributed by atoms with van der Waals surface area (Å²) in [6.07, 6.45) is 8.69. The van der Waals surface area contributed by atoms with Crippen LogP contribution in [0.5, 0.6) is 0 Å². The summed E-state index contributed by atoms with van der Waals surface area (Å²) in [4.78, 5) is 25.6. The molecule has 0 aromatic rings. The van der Waals surface area contributed by atoms with E-state index in [9.17, 15) is 32.1 Å². The fraction of sp³-hybridized carbons (Fsp3) is 0.935. The van der Waals surface area contributed by atoms with E-state index in [4.69, 9.17) is 18.9 Å². The first-order chi connectivity index (χ1) is 20.1. The van der Waals surface area contributed by atoms with Gasteiger partial charge in [0.05, 0.1) is 23.4 Å². The lowest BCUT2D eigenvalue weighted by molar-refractivity contribution is -0.291. The van der Waals surface area contributed by atoms with E-state index in [2.05, 4.69) is 6.92 Å². The Morgan fingerprint density at radius 3 is 2.23 bits per heavy atom. The standard InChI is InChI=1S/C31H45FO10S/c1-3-4-31(32,43(36,37)38)25(34)39-5-6-40-27-12-21-13-28(16-27)29(35,14-21)18-30(28,17-27)41-15-24(33)42-26(2)22-8-19-7-20(10-22)11-23(26)9-19/h19-23,35H,3-18H2,1-2H3,(H,36,37,38). The quantitative estimate of drug-likeness (QED) is 0.186. The van der Waals surface area contributed by atoms with E-state index in [1.54, 1.807) is 0 Å². The van der Waals surface area contributed by atoms with E-state index in [1.165, 1.54) is 13.3 Å². The SMILES string of the molecule is CCCC(F)(C(=O)OCCOC12CC3CC4(O)CC(OCC(=O)OC5(C)C6CC7CC(C6)CC5C7)(C1)C4(C3)C2)S(=O)(=O)O. The Hall–Kier alpha value is -1.34. The fourth-order valence-corrected chi connectivity index (χ4v) is 12.4. The van der Waals surface area contributed by atoms with Crippen LogP contribution in [0.15, 0.2) is 0 Å². The van der Waals surface area contributed by atoms with Crippen LogP contribution in [0.1, 0.15) is 97.3 Å². The number of carbonyl (C=O) groups excluding carboxylic acids is 2. The molecule has 43 heavy (non-hydrogen) atoms. The number of hydrogen-bond donors (Lipinski definition) is 2. The second-order valence-corrected chi connectivity index (χ2v) is 17.1. The van der Waals surface area contributed by atoms with Gasteiger partial charge in [-0.2, -0.15) is 8.42 Å². The molecule has 8 aliphatic rings. The molecule has 10 nitrogen and oxygen atoms in total. The molecule has 0 heterocycles. The molecule has 6 atom stereocenters. The Kier molecular flexibility index (Phi) is 6.76. The van der Waals surface area contributed by atoms with E-state index in [0.717, 1.165) is 43.9 Å². The van der Waals surface area contributed by atoms with Crippen molar-refractivity contribution in [3.8, 4) is 0 Å². The Balaban J connectivity index is 0.989. The molecule has 0 radical (unpaired) electrons. The topological polar surface area (TPSA) is 146 Å². The van der Waals surface area contributed by atoms with Gasteiger partial charge in [0.25, 0.3) is 0 Å². The van der Waals surface area contributed by atoms with E-state index in [-0.39, 0.29) is 31.5 Å². The molecule has 0 aromatic heterocycles. The third-order valence-electron chi connectivity index (χ3n) is 13.1. The molecule has 7 bridgehead atoms. The zero-order valence-electron chi connectivity index (χ0n) is 25.1. The summed E-state index contributed by atoms with van der Waals surface area (Å²) in [6.45, 7) is 2.92. The molecular weight excluding hydrogens is 583 g/mol. The van der Waals surface area contributed by atoms with Gasteiger partial charge in [0.2, 0.25) is 0 Å². The number of ether oxygens (including phenoxy) is 4. The maximum absolute atomic E-state index is 14.9. The van der Waals surface area contributed by atoms with Crippen molar-refractivity contribution >= 4 is 22.1 Å². The molecule has 0 amide bonds. The van der Waals surface area contributed by atoms with Gasteiger partial charge in [0, 0.05) is 24.7 Å². The minimum Gasteiger partial charge on any atom is -0.460 e. The summed E-state index contributed by atoms with van der Waals surface area (Å²) in [5, 5.41) is 8.09. The lowest BCUT2D eigenvalue weighted by Crippen LogP contribution is -2.70. The van der Waals surface area contributed by atoms with Crippen LogP contribution >= 0.6 is 0 Å². The number of alkyl halides is 1. The van der Waals surface area contributed by atoms with Crippen LogP contribution in [0.25, 0.3) is 0 Å². The van der Waals surface area contributed by atoms with Crippen molar-refractivity contribution in [2.24, 2.45) is 35.0 Å². The van der Waals surface area contributed by atoms with Gasteiger partial charge in [-0.05, 0) is 94.3 Å². The summed E-state index contributed by atoms with van der Waals surface area (Å²) in [5.74, 6) is 0.558. The third-order valence-corrected chi connectivity index (χ3v) is 14.3. The number of halogens is 1. The van der Waals surface area contributed by atoms with E-state index >= 15 is 0 Å². The Labute approximate surface area is 252 Å². The molecule has 8 aliphatic carbocycles. The van der Waals surface area contributed by atoms with Crippen molar-refractivity contribution in [3.05, 3.63) is 0 Å². The minimum absolute atomic E-state index is 0.00828. The average molecular weight is 629 g/mol. The number of esters is 2. The molecule has 242 valence electrons. The van der Waals surface area contributed by atoms with Gasteiger partial charge < -0.3 is 24.1 Å². The van der Waals surface area contributed by atoms with Gasteiger partial charge >= 0.3 is 27.1 Å². The summed E-state index contributed by atoms with van der Waals surface area (Å²) in [5.41, 5.74) is -3.26. The van der Waals surface area contributed by atoms with Gasteiger partial charge in [0.15, 0.2) is 0 Å². The minimum atomic E-state index is -5.31. The maximum Gasteiger partial charge on any atom is 0.362 e. The number of carbonyl (C=O) groups is 2. The van der Waals surface area contributed by atoms with Crippen LogP contribution in [0.3, 0.4) is 0 Å². The smallest absolute Gasteiger partial charge is 0.362 e. The number of fused-ring (bicyclic) bond motifs is 2. The van der Waals surface area contributed by atoms with Crippen molar-refractivity contribution in [2.75, 3.05) is 19.8 Å². The van der Waals surface area contributed by atoms with Crippen LogP contribution in [0.2, 0.25) is 0 Å². The lowest BCUT2D eigenvalue weighted by Gasteiger charge is -2.62. The second kappa shape index (κ2) is 9.59. The van der Waals surface area contributed by atoms with Crippen molar-refractivity contribution in [3.63, 3.8) is 0 Å². The lowest BCUT2D eigenvalue weighted by atomic mass is 9.49. The largest absolute Gasteiger partial charge is 0.460 e. The summed E-state index contributed by atoms with van der Waals surface area (Å²) in [7, 11) is -5.31. The molecular formula is C31H45FO10S. The highest BCUT2D eigenvalue weighted by atomic mass is 32.2. The van der Waals surface area contributed by atoms with Crippen LogP contribution in [-0.4, -0.2) is 77.2 Å². The summed E-state index contributed by atoms with van der Waals surface area (Å²) < 4.78 is 71.2. The summed E-state index contributed by atoms with van der Waals surface area (Å²) >= 11 is 0. The first-order valence-electron chi connectivity index (χ1n) is 16.2. The average Bonchev–Trinajstić information content (AvgIpc) is 3.19. The normalized spacial score (nSPS) is 48.1. The number of hydrogen-bond acceptors (Lipinski definition) is 9. The number of aliphatic hydroxyl groups is 1. The number of rotatable bonds is 12. The molecule has 8 rings (SSSR count). The van der Waals surface area contributed by atoms with Crippen molar-refractivity contribution < 1.29 is 51.0 Å². The van der Waals surface area contributed by atoms with Crippen LogP contribution in [0, 0.1) is 35.0 Å². The predicted octanol–water partition coefficient (Wildman–Crippen LogP) is 3.88. The molecule has 0 aromatic carbocycles. The highest BCUT2D eigenvalue weighted by Gasteiger charge is 2.85. The fourth-order valence-electron chi connectivity index (χ4n) is 11.7. The molecule has 0 saturated heterocycles. The van der Waals surface area contributed by atoms with E-state index in [1.807, 2.05) is 0 Å².